The molecule has 0 atom stereocenters. The van der Waals surface area contributed by atoms with Crippen LogP contribution in [0.5, 0.6) is 0 Å². The highest BCUT2D eigenvalue weighted by molar-refractivity contribution is 6.30. The van der Waals surface area contributed by atoms with Gasteiger partial charge in [-0.05, 0) is 24.3 Å². The molecule has 1 heterocycles. The lowest BCUT2D eigenvalue weighted by molar-refractivity contribution is 1.16. The smallest absolute Gasteiger partial charge is 0.159 e. The molecule has 0 saturated carbocycles. The minimum atomic E-state index is 0.452. The van der Waals surface area contributed by atoms with Gasteiger partial charge in [-0.1, -0.05) is 11.6 Å². The van der Waals surface area contributed by atoms with Crippen molar-refractivity contribution in [2.24, 2.45) is 0 Å². The topological polar surface area (TPSA) is 49.6 Å². The maximum absolute atomic E-state index is 8.59. The van der Waals surface area contributed by atoms with E-state index in [2.05, 4.69) is 9.97 Å². The van der Waals surface area contributed by atoms with E-state index in [1.54, 1.807) is 12.1 Å². The average molecular weight is 216 g/mol. The lowest BCUT2D eigenvalue weighted by Crippen LogP contribution is -1.89. The molecule has 0 aliphatic rings. The highest BCUT2D eigenvalue weighted by Gasteiger charge is 2.00. The molecule has 15 heavy (non-hydrogen) atoms. The summed E-state index contributed by atoms with van der Waals surface area (Å²) in [6.45, 7) is 0. The van der Waals surface area contributed by atoms with Crippen LogP contribution in [-0.2, 0) is 0 Å². The van der Waals surface area contributed by atoms with E-state index >= 15 is 0 Å². The van der Waals surface area contributed by atoms with Crippen LogP contribution in [0.3, 0.4) is 0 Å². The first-order chi connectivity index (χ1) is 7.29. The molecule has 0 fully saturated rings. The van der Waals surface area contributed by atoms with Crippen LogP contribution in [0.25, 0.3) is 11.4 Å². The quantitative estimate of drug-likeness (QED) is 0.735. The summed E-state index contributed by atoms with van der Waals surface area (Å²) in [6, 6.07) is 9.20. The molecule has 2 aromatic rings. The molecule has 3 nitrogen and oxygen atoms in total. The van der Waals surface area contributed by atoms with Crippen LogP contribution in [-0.4, -0.2) is 9.97 Å². The third kappa shape index (κ3) is 2.12. The second-order valence-corrected chi connectivity index (χ2v) is 3.35. The van der Waals surface area contributed by atoms with Crippen LogP contribution >= 0.6 is 11.6 Å². The highest BCUT2D eigenvalue weighted by Crippen LogP contribution is 2.17. The number of rotatable bonds is 1. The normalized spacial score (nSPS) is 9.60. The Morgan fingerprint density at radius 2 is 1.67 bits per heavy atom. The Kier molecular flexibility index (Phi) is 2.61. The fourth-order valence-corrected chi connectivity index (χ4v) is 1.26. The third-order valence-electron chi connectivity index (χ3n) is 1.88. The zero-order chi connectivity index (χ0) is 10.7. The summed E-state index contributed by atoms with van der Waals surface area (Å²) in [6.07, 6.45) is 2.99. The molecule has 2 rings (SSSR count). The number of hydrogen-bond acceptors (Lipinski definition) is 3. The fourth-order valence-electron chi connectivity index (χ4n) is 1.13. The van der Waals surface area contributed by atoms with E-state index in [-0.39, 0.29) is 0 Å². The van der Waals surface area contributed by atoms with E-state index in [0.29, 0.717) is 16.4 Å². The van der Waals surface area contributed by atoms with Crippen LogP contribution in [0.4, 0.5) is 0 Å². The molecule has 0 radical (unpaired) electrons. The maximum atomic E-state index is 8.59. The van der Waals surface area contributed by atoms with Crippen molar-refractivity contribution < 1.29 is 0 Å². The Labute approximate surface area is 92.0 Å². The summed E-state index contributed by atoms with van der Waals surface area (Å²) in [4.78, 5) is 8.15. The molecule has 0 aliphatic heterocycles. The lowest BCUT2D eigenvalue weighted by atomic mass is 10.2. The van der Waals surface area contributed by atoms with Gasteiger partial charge in [0.1, 0.15) is 6.07 Å². The van der Waals surface area contributed by atoms with Crippen molar-refractivity contribution in [2.75, 3.05) is 0 Å². The van der Waals surface area contributed by atoms with Gasteiger partial charge in [0, 0.05) is 23.0 Å². The zero-order valence-electron chi connectivity index (χ0n) is 7.68. The van der Waals surface area contributed by atoms with Crippen LogP contribution in [0, 0.1) is 11.3 Å². The predicted molar refractivity (Wildman–Crippen MR) is 57.2 cm³/mol. The van der Waals surface area contributed by atoms with Crippen molar-refractivity contribution in [3.8, 4) is 17.5 Å². The maximum Gasteiger partial charge on any atom is 0.159 e. The number of aromatic nitrogens is 2. The molecular weight excluding hydrogens is 210 g/mol. The van der Waals surface area contributed by atoms with Gasteiger partial charge in [0.05, 0.1) is 5.56 Å². The average Bonchev–Trinajstić information content (AvgIpc) is 2.30. The van der Waals surface area contributed by atoms with Gasteiger partial charge >= 0.3 is 0 Å². The monoisotopic (exact) mass is 215 g/mol. The summed E-state index contributed by atoms with van der Waals surface area (Å²) in [5, 5.41) is 9.26. The second kappa shape index (κ2) is 4.07. The van der Waals surface area contributed by atoms with Crippen molar-refractivity contribution in [2.45, 2.75) is 0 Å². The summed E-state index contributed by atoms with van der Waals surface area (Å²) in [5.74, 6) is 0.589. The summed E-state index contributed by atoms with van der Waals surface area (Å²) >= 11 is 5.76. The number of nitrogens with zero attached hydrogens (tertiary/aromatic N) is 3. The van der Waals surface area contributed by atoms with Crippen LogP contribution in [0.15, 0.2) is 36.7 Å². The van der Waals surface area contributed by atoms with Gasteiger partial charge in [-0.15, -0.1) is 0 Å². The van der Waals surface area contributed by atoms with E-state index in [1.807, 2.05) is 18.2 Å². The zero-order valence-corrected chi connectivity index (χ0v) is 8.44. The first kappa shape index (κ1) is 9.63. The first-order valence-corrected chi connectivity index (χ1v) is 4.65. The van der Waals surface area contributed by atoms with Crippen molar-refractivity contribution in [3.05, 3.63) is 47.2 Å². The molecule has 0 amide bonds. The summed E-state index contributed by atoms with van der Waals surface area (Å²) in [5.41, 5.74) is 1.33. The summed E-state index contributed by atoms with van der Waals surface area (Å²) < 4.78 is 0. The number of hydrogen-bond donors (Lipinski definition) is 0. The Bertz CT molecular complexity index is 497. The van der Waals surface area contributed by atoms with Gasteiger partial charge in [0.2, 0.25) is 0 Å². The Balaban J connectivity index is 2.38. The highest BCUT2D eigenvalue weighted by atomic mass is 35.5. The number of halogens is 1. The van der Waals surface area contributed by atoms with Crippen molar-refractivity contribution >= 4 is 11.6 Å². The van der Waals surface area contributed by atoms with Crippen molar-refractivity contribution in [3.63, 3.8) is 0 Å². The molecule has 72 valence electrons. The van der Waals surface area contributed by atoms with Crippen LogP contribution in [0.1, 0.15) is 5.56 Å². The van der Waals surface area contributed by atoms with E-state index in [9.17, 15) is 0 Å². The molecule has 1 aromatic carbocycles. The molecule has 0 spiro atoms. The fraction of sp³-hybridized carbons (Fsp3) is 0. The lowest BCUT2D eigenvalue weighted by Gasteiger charge is -1.98. The van der Waals surface area contributed by atoms with Crippen molar-refractivity contribution in [1.82, 2.24) is 9.97 Å². The Hall–Kier alpha value is -1.92. The molecule has 0 unspecified atom stereocenters. The van der Waals surface area contributed by atoms with E-state index < -0.39 is 0 Å². The first-order valence-electron chi connectivity index (χ1n) is 4.27. The van der Waals surface area contributed by atoms with E-state index in [1.165, 1.54) is 12.4 Å². The largest absolute Gasteiger partial charge is 0.235 e. The van der Waals surface area contributed by atoms with Gasteiger partial charge in [0.15, 0.2) is 5.82 Å². The molecule has 4 heteroatoms. The standard InChI is InChI=1S/C11H6ClN3/c12-10-3-1-9(2-4-10)11-14-6-8(5-13)7-15-11/h1-4,6-7H. The Morgan fingerprint density at radius 1 is 1.07 bits per heavy atom. The number of benzene rings is 1. The Morgan fingerprint density at radius 3 is 2.20 bits per heavy atom. The molecular formula is C11H6ClN3. The van der Waals surface area contributed by atoms with Gasteiger partial charge in [0.25, 0.3) is 0 Å². The molecule has 0 aliphatic carbocycles. The molecule has 0 N–H and O–H groups in total. The van der Waals surface area contributed by atoms with Crippen molar-refractivity contribution in [1.29, 1.82) is 5.26 Å². The predicted octanol–water partition coefficient (Wildman–Crippen LogP) is 2.67. The minimum Gasteiger partial charge on any atom is -0.235 e. The SMILES string of the molecule is N#Cc1cnc(-c2ccc(Cl)cc2)nc1. The van der Waals surface area contributed by atoms with Crippen LogP contribution in [0.2, 0.25) is 5.02 Å². The number of nitriles is 1. The summed E-state index contributed by atoms with van der Waals surface area (Å²) in [7, 11) is 0. The van der Waals surface area contributed by atoms with Gasteiger partial charge in [-0.3, -0.25) is 0 Å². The van der Waals surface area contributed by atoms with Gasteiger partial charge in [-0.2, -0.15) is 5.26 Å². The minimum absolute atomic E-state index is 0.452. The van der Waals surface area contributed by atoms with Gasteiger partial charge in [-0.25, -0.2) is 9.97 Å². The van der Waals surface area contributed by atoms with E-state index in [4.69, 9.17) is 16.9 Å². The van der Waals surface area contributed by atoms with Crippen LogP contribution < -0.4 is 0 Å². The molecule has 1 aromatic heterocycles. The second-order valence-electron chi connectivity index (χ2n) is 2.91. The van der Waals surface area contributed by atoms with Gasteiger partial charge < -0.3 is 0 Å². The molecule has 0 bridgehead atoms. The third-order valence-corrected chi connectivity index (χ3v) is 2.14. The molecule has 0 saturated heterocycles. The van der Waals surface area contributed by atoms with E-state index in [0.717, 1.165) is 5.56 Å².